The second-order valence-electron chi connectivity index (χ2n) is 4.19. The first-order chi connectivity index (χ1) is 7.83. The molecule has 0 radical (unpaired) electrons. The van der Waals surface area contributed by atoms with Crippen molar-refractivity contribution >= 4 is 11.6 Å². The van der Waals surface area contributed by atoms with Crippen molar-refractivity contribution in [2.24, 2.45) is 5.73 Å². The first kappa shape index (κ1) is 11.1. The Morgan fingerprint density at radius 3 is 2.88 bits per heavy atom. The van der Waals surface area contributed by atoms with Gasteiger partial charge in [0.05, 0.1) is 6.54 Å². The van der Waals surface area contributed by atoms with Gasteiger partial charge in [-0.2, -0.15) is 0 Å². The standard InChI is InChI=1S/C13H18N2O/c14-10-13(16)15-9-5-1-2-6-11-7-3-4-8-12(11)15/h3-4,7-8H,1-2,5-6,9-10,14H2. The molecule has 0 aliphatic carbocycles. The third-order valence-corrected chi connectivity index (χ3v) is 3.09. The van der Waals surface area contributed by atoms with E-state index in [9.17, 15) is 4.79 Å². The molecule has 1 amide bonds. The van der Waals surface area contributed by atoms with Crippen LogP contribution < -0.4 is 10.6 Å². The fraction of sp³-hybridized carbons (Fsp3) is 0.462. The van der Waals surface area contributed by atoms with E-state index in [1.807, 2.05) is 23.1 Å². The van der Waals surface area contributed by atoms with Gasteiger partial charge in [-0.3, -0.25) is 4.79 Å². The fourth-order valence-corrected chi connectivity index (χ4v) is 2.24. The first-order valence-electron chi connectivity index (χ1n) is 5.91. The zero-order valence-corrected chi connectivity index (χ0v) is 9.48. The molecule has 86 valence electrons. The molecule has 0 aromatic heterocycles. The van der Waals surface area contributed by atoms with Gasteiger partial charge in [-0.05, 0) is 30.9 Å². The third-order valence-electron chi connectivity index (χ3n) is 3.09. The van der Waals surface area contributed by atoms with Gasteiger partial charge in [-0.15, -0.1) is 0 Å². The number of carbonyl (C=O) groups is 1. The lowest BCUT2D eigenvalue weighted by Crippen LogP contribution is -2.37. The number of hydrogen-bond donors (Lipinski definition) is 1. The van der Waals surface area contributed by atoms with Crippen LogP contribution in [0.5, 0.6) is 0 Å². The molecule has 1 aliphatic rings. The molecule has 1 aromatic rings. The smallest absolute Gasteiger partial charge is 0.240 e. The lowest BCUT2D eigenvalue weighted by Gasteiger charge is -2.26. The summed E-state index contributed by atoms with van der Waals surface area (Å²) in [6, 6.07) is 8.15. The molecular formula is C13H18N2O. The molecule has 3 nitrogen and oxygen atoms in total. The van der Waals surface area contributed by atoms with Crippen LogP contribution in [-0.2, 0) is 11.2 Å². The van der Waals surface area contributed by atoms with Gasteiger partial charge >= 0.3 is 0 Å². The Morgan fingerprint density at radius 1 is 1.25 bits per heavy atom. The van der Waals surface area contributed by atoms with Crippen LogP contribution in [-0.4, -0.2) is 19.0 Å². The monoisotopic (exact) mass is 218 g/mol. The SMILES string of the molecule is NCC(=O)N1CCCCCc2ccccc21. The molecule has 0 fully saturated rings. The Hall–Kier alpha value is -1.35. The minimum Gasteiger partial charge on any atom is -0.322 e. The molecule has 0 saturated heterocycles. The van der Waals surface area contributed by atoms with E-state index in [1.54, 1.807) is 0 Å². The zero-order chi connectivity index (χ0) is 11.4. The van der Waals surface area contributed by atoms with Crippen molar-refractivity contribution in [1.29, 1.82) is 0 Å². The number of para-hydroxylation sites is 1. The number of nitrogens with zero attached hydrogens (tertiary/aromatic N) is 1. The van der Waals surface area contributed by atoms with Crippen LogP contribution in [0.1, 0.15) is 24.8 Å². The molecule has 0 unspecified atom stereocenters. The Bertz CT molecular complexity index is 376. The molecule has 1 aliphatic heterocycles. The number of carbonyl (C=O) groups excluding carboxylic acids is 1. The molecule has 3 heteroatoms. The van der Waals surface area contributed by atoms with E-state index in [0.29, 0.717) is 0 Å². The summed E-state index contributed by atoms with van der Waals surface area (Å²) in [5.41, 5.74) is 7.78. The molecule has 0 atom stereocenters. The summed E-state index contributed by atoms with van der Waals surface area (Å²) in [5.74, 6) is 0.0225. The second-order valence-corrected chi connectivity index (χ2v) is 4.19. The number of benzene rings is 1. The van der Waals surface area contributed by atoms with Crippen molar-refractivity contribution in [3.05, 3.63) is 29.8 Å². The predicted molar refractivity (Wildman–Crippen MR) is 65.4 cm³/mol. The van der Waals surface area contributed by atoms with Gasteiger partial charge < -0.3 is 10.6 Å². The van der Waals surface area contributed by atoms with Crippen LogP contribution in [0.15, 0.2) is 24.3 Å². The van der Waals surface area contributed by atoms with Crippen LogP contribution in [0, 0.1) is 0 Å². The topological polar surface area (TPSA) is 46.3 Å². The van der Waals surface area contributed by atoms with Crippen molar-refractivity contribution in [3.8, 4) is 0 Å². The molecule has 2 N–H and O–H groups in total. The molecule has 2 rings (SSSR count). The molecule has 0 saturated carbocycles. The highest BCUT2D eigenvalue weighted by Gasteiger charge is 2.18. The maximum absolute atomic E-state index is 11.8. The minimum atomic E-state index is 0.0225. The number of rotatable bonds is 1. The zero-order valence-electron chi connectivity index (χ0n) is 9.48. The predicted octanol–water partition coefficient (Wildman–Crippen LogP) is 1.70. The van der Waals surface area contributed by atoms with E-state index in [1.165, 1.54) is 18.4 Å². The van der Waals surface area contributed by atoms with E-state index in [0.717, 1.165) is 25.1 Å². The molecular weight excluding hydrogens is 200 g/mol. The Balaban J connectivity index is 2.35. The summed E-state index contributed by atoms with van der Waals surface area (Å²) in [4.78, 5) is 13.6. The molecule has 16 heavy (non-hydrogen) atoms. The van der Waals surface area contributed by atoms with E-state index in [-0.39, 0.29) is 12.5 Å². The van der Waals surface area contributed by atoms with E-state index < -0.39 is 0 Å². The molecule has 1 heterocycles. The number of anilines is 1. The van der Waals surface area contributed by atoms with Gasteiger partial charge in [0, 0.05) is 12.2 Å². The largest absolute Gasteiger partial charge is 0.322 e. The van der Waals surface area contributed by atoms with E-state index >= 15 is 0 Å². The van der Waals surface area contributed by atoms with E-state index in [2.05, 4.69) is 6.07 Å². The lowest BCUT2D eigenvalue weighted by molar-refractivity contribution is -0.117. The van der Waals surface area contributed by atoms with Crippen molar-refractivity contribution in [1.82, 2.24) is 0 Å². The quantitative estimate of drug-likeness (QED) is 0.780. The lowest BCUT2D eigenvalue weighted by atomic mass is 10.0. The van der Waals surface area contributed by atoms with Crippen LogP contribution in [0.3, 0.4) is 0 Å². The Morgan fingerprint density at radius 2 is 2.06 bits per heavy atom. The maximum Gasteiger partial charge on any atom is 0.240 e. The number of nitrogens with two attached hydrogens (primary N) is 1. The van der Waals surface area contributed by atoms with Gasteiger partial charge in [0.25, 0.3) is 0 Å². The summed E-state index contributed by atoms with van der Waals surface area (Å²) < 4.78 is 0. The summed E-state index contributed by atoms with van der Waals surface area (Å²) >= 11 is 0. The average molecular weight is 218 g/mol. The first-order valence-corrected chi connectivity index (χ1v) is 5.91. The highest BCUT2D eigenvalue weighted by atomic mass is 16.2. The van der Waals surface area contributed by atoms with E-state index in [4.69, 9.17) is 5.73 Å². The Labute approximate surface area is 96.2 Å². The summed E-state index contributed by atoms with van der Waals surface area (Å²) in [6.45, 7) is 0.890. The van der Waals surface area contributed by atoms with Crippen molar-refractivity contribution in [2.75, 3.05) is 18.0 Å². The summed E-state index contributed by atoms with van der Waals surface area (Å²) in [6.07, 6.45) is 4.52. The maximum atomic E-state index is 11.8. The van der Waals surface area contributed by atoms with Crippen molar-refractivity contribution in [2.45, 2.75) is 25.7 Å². The normalized spacial score (nSPS) is 16.2. The number of hydrogen-bond acceptors (Lipinski definition) is 2. The third kappa shape index (κ3) is 2.25. The van der Waals surface area contributed by atoms with Crippen LogP contribution in [0.25, 0.3) is 0 Å². The number of amides is 1. The van der Waals surface area contributed by atoms with Gasteiger partial charge in [-0.1, -0.05) is 24.6 Å². The number of aryl methyl sites for hydroxylation is 1. The summed E-state index contributed by atoms with van der Waals surface area (Å²) in [7, 11) is 0. The van der Waals surface area contributed by atoms with Gasteiger partial charge in [-0.25, -0.2) is 0 Å². The fourth-order valence-electron chi connectivity index (χ4n) is 2.24. The van der Waals surface area contributed by atoms with Crippen molar-refractivity contribution in [3.63, 3.8) is 0 Å². The highest BCUT2D eigenvalue weighted by Crippen LogP contribution is 2.25. The van der Waals surface area contributed by atoms with Crippen LogP contribution in [0.4, 0.5) is 5.69 Å². The number of fused-ring (bicyclic) bond motifs is 1. The van der Waals surface area contributed by atoms with Gasteiger partial charge in [0.15, 0.2) is 0 Å². The molecule has 0 spiro atoms. The van der Waals surface area contributed by atoms with Gasteiger partial charge in [0.1, 0.15) is 0 Å². The van der Waals surface area contributed by atoms with Crippen LogP contribution in [0.2, 0.25) is 0 Å². The van der Waals surface area contributed by atoms with Crippen LogP contribution >= 0.6 is 0 Å². The molecule has 0 bridgehead atoms. The molecule has 1 aromatic carbocycles. The summed E-state index contributed by atoms with van der Waals surface area (Å²) in [5, 5.41) is 0. The highest BCUT2D eigenvalue weighted by molar-refractivity contribution is 5.95. The van der Waals surface area contributed by atoms with Gasteiger partial charge in [0.2, 0.25) is 5.91 Å². The Kier molecular flexibility index (Phi) is 3.57. The minimum absolute atomic E-state index is 0.0225. The van der Waals surface area contributed by atoms with Crippen molar-refractivity contribution < 1.29 is 4.79 Å². The second kappa shape index (κ2) is 5.12. The average Bonchev–Trinajstić information content (AvgIpc) is 2.29.